The first kappa shape index (κ1) is 19.5. The molecule has 1 aromatic carbocycles. The van der Waals surface area contributed by atoms with Crippen LogP contribution in [0.2, 0.25) is 0 Å². The molecule has 0 bridgehead atoms. The number of aromatic carboxylic acids is 1. The summed E-state index contributed by atoms with van der Waals surface area (Å²) < 4.78 is 10.8. The van der Waals surface area contributed by atoms with Crippen LogP contribution in [0.5, 0.6) is 0 Å². The maximum atomic E-state index is 12.0. The molecule has 1 aromatic heterocycles. The third kappa shape index (κ3) is 4.18. The summed E-state index contributed by atoms with van der Waals surface area (Å²) in [6.45, 7) is -0.00430. The van der Waals surface area contributed by atoms with Crippen LogP contribution in [-0.4, -0.2) is 46.7 Å². The van der Waals surface area contributed by atoms with Gasteiger partial charge < -0.3 is 25.0 Å². The smallest absolute Gasteiger partial charge is 0.394 e. The van der Waals surface area contributed by atoms with Crippen LogP contribution in [0, 0.1) is 0 Å². The Hall–Kier alpha value is -3.24. The number of hydrogen-bond donors (Lipinski definition) is 3. The van der Waals surface area contributed by atoms with Crippen LogP contribution >= 0.6 is 11.3 Å². The van der Waals surface area contributed by atoms with E-state index in [1.807, 2.05) is 0 Å². The van der Waals surface area contributed by atoms with Crippen LogP contribution in [0.1, 0.15) is 31.2 Å². The number of nitrogens with one attached hydrogen (secondary N) is 1. The minimum atomic E-state index is -1.72. The average Bonchev–Trinajstić information content (AvgIpc) is 3.03. The number of carboxylic acids is 2. The van der Waals surface area contributed by atoms with Gasteiger partial charge in [-0.15, -0.1) is 11.3 Å². The molecule has 0 aliphatic carbocycles. The van der Waals surface area contributed by atoms with Gasteiger partial charge >= 0.3 is 23.8 Å². The van der Waals surface area contributed by atoms with Gasteiger partial charge in [0.2, 0.25) is 0 Å². The molecule has 3 N–H and O–H groups in total. The standard InChI is InChI=1S/C18H15NO8S/c20-14(17(23)24)19-15-13(16(21)22)11-6-10(26-8-12(11)28-15)7-27-18(25)9-4-2-1-3-5-9/h1-5,10H,6-8H2,(H,19,20)(H,21,22)(H,23,24). The van der Waals surface area contributed by atoms with Crippen molar-refractivity contribution in [3.05, 3.63) is 51.9 Å². The lowest BCUT2D eigenvalue weighted by Crippen LogP contribution is -2.28. The van der Waals surface area contributed by atoms with Crippen LogP contribution < -0.4 is 5.32 Å². The molecule has 9 nitrogen and oxygen atoms in total. The molecule has 0 spiro atoms. The van der Waals surface area contributed by atoms with E-state index in [9.17, 15) is 24.3 Å². The minimum absolute atomic E-state index is 0.0598. The van der Waals surface area contributed by atoms with Gasteiger partial charge in [-0.25, -0.2) is 14.4 Å². The van der Waals surface area contributed by atoms with Crippen LogP contribution in [0.4, 0.5) is 5.00 Å². The van der Waals surface area contributed by atoms with Gasteiger partial charge in [-0.3, -0.25) is 4.79 Å². The number of carboxylic acid groups (broad SMARTS) is 2. The number of thiophene rings is 1. The van der Waals surface area contributed by atoms with E-state index in [1.165, 1.54) is 0 Å². The predicted octanol–water partition coefficient (Wildman–Crippen LogP) is 1.77. The minimum Gasteiger partial charge on any atom is -0.478 e. The van der Waals surface area contributed by atoms with E-state index < -0.39 is 29.9 Å². The highest BCUT2D eigenvalue weighted by Gasteiger charge is 2.31. The molecule has 2 heterocycles. The number of amides is 1. The number of esters is 1. The molecular weight excluding hydrogens is 390 g/mol. The number of benzene rings is 1. The lowest BCUT2D eigenvalue weighted by Gasteiger charge is -2.23. The Morgan fingerprint density at radius 3 is 2.54 bits per heavy atom. The zero-order valence-electron chi connectivity index (χ0n) is 14.3. The fourth-order valence-electron chi connectivity index (χ4n) is 2.73. The lowest BCUT2D eigenvalue weighted by atomic mass is 10.0. The first-order chi connectivity index (χ1) is 13.4. The van der Waals surface area contributed by atoms with Crippen molar-refractivity contribution in [2.45, 2.75) is 19.1 Å². The SMILES string of the molecule is O=C(O)C(=O)Nc1sc2c(c1C(=O)O)CC(COC(=O)c1ccccc1)OC2. The Balaban J connectivity index is 1.72. The first-order valence-electron chi connectivity index (χ1n) is 8.12. The summed E-state index contributed by atoms with van der Waals surface area (Å²) in [4.78, 5) is 46.4. The predicted molar refractivity (Wildman–Crippen MR) is 96.5 cm³/mol. The van der Waals surface area contributed by atoms with Crippen molar-refractivity contribution in [2.24, 2.45) is 0 Å². The Morgan fingerprint density at radius 2 is 1.89 bits per heavy atom. The quantitative estimate of drug-likeness (QED) is 0.505. The molecule has 0 saturated heterocycles. The third-order valence-electron chi connectivity index (χ3n) is 4.02. The molecule has 1 aliphatic heterocycles. The Bertz CT molecular complexity index is 937. The second-order valence-electron chi connectivity index (χ2n) is 5.87. The van der Waals surface area contributed by atoms with Crippen molar-refractivity contribution >= 4 is 40.2 Å². The molecule has 1 aliphatic rings. The Kier molecular flexibility index (Phi) is 5.71. The monoisotopic (exact) mass is 405 g/mol. The fourth-order valence-corrected chi connectivity index (χ4v) is 3.87. The fraction of sp³-hybridized carbons (Fsp3) is 0.222. The highest BCUT2D eigenvalue weighted by Crippen LogP contribution is 2.38. The maximum absolute atomic E-state index is 12.0. The van der Waals surface area contributed by atoms with Gasteiger partial charge in [0.05, 0.1) is 23.8 Å². The number of carbonyl (C=O) groups excluding carboxylic acids is 2. The number of fused-ring (bicyclic) bond motifs is 1. The van der Waals surface area contributed by atoms with Crippen molar-refractivity contribution in [1.82, 2.24) is 0 Å². The van der Waals surface area contributed by atoms with Crippen LogP contribution in [0.3, 0.4) is 0 Å². The number of ether oxygens (including phenoxy) is 2. The second kappa shape index (κ2) is 8.19. The number of hydrogen-bond acceptors (Lipinski definition) is 7. The van der Waals surface area contributed by atoms with E-state index in [4.69, 9.17) is 14.6 Å². The highest BCUT2D eigenvalue weighted by atomic mass is 32.1. The van der Waals surface area contributed by atoms with Crippen LogP contribution in [0.25, 0.3) is 0 Å². The van der Waals surface area contributed by atoms with Gasteiger partial charge in [-0.2, -0.15) is 0 Å². The second-order valence-corrected chi connectivity index (χ2v) is 6.98. The normalized spacial score (nSPS) is 15.4. The summed E-state index contributed by atoms with van der Waals surface area (Å²) in [6.07, 6.45) is -0.408. The number of aliphatic carboxylic acids is 1. The van der Waals surface area contributed by atoms with E-state index in [0.717, 1.165) is 11.3 Å². The largest absolute Gasteiger partial charge is 0.478 e. The van der Waals surface area contributed by atoms with Gasteiger partial charge in [0, 0.05) is 11.3 Å². The molecule has 1 unspecified atom stereocenters. The number of anilines is 1. The van der Waals surface area contributed by atoms with E-state index >= 15 is 0 Å². The molecule has 0 saturated carbocycles. The van der Waals surface area contributed by atoms with E-state index in [2.05, 4.69) is 5.32 Å². The molecule has 1 atom stereocenters. The molecule has 10 heteroatoms. The van der Waals surface area contributed by atoms with E-state index in [1.54, 1.807) is 30.3 Å². The number of carbonyl (C=O) groups is 4. The third-order valence-corrected chi connectivity index (χ3v) is 5.14. The summed E-state index contributed by atoms with van der Waals surface area (Å²) >= 11 is 0.950. The molecule has 1 amide bonds. The van der Waals surface area contributed by atoms with Crippen LogP contribution in [-0.2, 0) is 32.1 Å². The highest BCUT2D eigenvalue weighted by molar-refractivity contribution is 7.17. The molecule has 3 rings (SSSR count). The lowest BCUT2D eigenvalue weighted by molar-refractivity contribution is -0.147. The number of rotatable bonds is 5. The zero-order chi connectivity index (χ0) is 20.3. The van der Waals surface area contributed by atoms with Crippen molar-refractivity contribution in [2.75, 3.05) is 11.9 Å². The van der Waals surface area contributed by atoms with E-state index in [-0.39, 0.29) is 30.2 Å². The first-order valence-corrected chi connectivity index (χ1v) is 8.94. The maximum Gasteiger partial charge on any atom is 0.394 e. The zero-order valence-corrected chi connectivity index (χ0v) is 15.2. The van der Waals surface area contributed by atoms with Gasteiger partial charge in [0.25, 0.3) is 0 Å². The van der Waals surface area contributed by atoms with Crippen molar-refractivity contribution < 1.29 is 38.9 Å². The summed E-state index contributed by atoms with van der Waals surface area (Å²) in [7, 11) is 0. The molecule has 2 aromatic rings. The van der Waals surface area contributed by atoms with Crippen LogP contribution in [0.15, 0.2) is 30.3 Å². The molecule has 0 radical (unpaired) electrons. The molecule has 146 valence electrons. The van der Waals surface area contributed by atoms with Gasteiger partial charge in [0.15, 0.2) is 0 Å². The van der Waals surface area contributed by atoms with Crippen molar-refractivity contribution in [3.8, 4) is 0 Å². The van der Waals surface area contributed by atoms with Gasteiger partial charge in [-0.05, 0) is 17.7 Å². The van der Waals surface area contributed by atoms with Crippen molar-refractivity contribution in [3.63, 3.8) is 0 Å². The topological polar surface area (TPSA) is 139 Å². The van der Waals surface area contributed by atoms with E-state index in [0.29, 0.717) is 16.0 Å². The molecule has 0 fully saturated rings. The summed E-state index contributed by atoms with van der Waals surface area (Å²) in [5.41, 5.74) is 0.655. The molecule has 28 heavy (non-hydrogen) atoms. The van der Waals surface area contributed by atoms with Crippen molar-refractivity contribution in [1.29, 1.82) is 0 Å². The average molecular weight is 405 g/mol. The summed E-state index contributed by atoms with van der Waals surface area (Å²) in [5, 5.41) is 20.2. The Morgan fingerprint density at radius 1 is 1.18 bits per heavy atom. The summed E-state index contributed by atoms with van der Waals surface area (Å²) in [6, 6.07) is 8.41. The molecular formula is C18H15NO8S. The summed E-state index contributed by atoms with van der Waals surface area (Å²) in [5.74, 6) is -4.85. The Labute approximate surface area is 162 Å². The van der Waals surface area contributed by atoms with Gasteiger partial charge in [-0.1, -0.05) is 18.2 Å². The van der Waals surface area contributed by atoms with Gasteiger partial charge in [0.1, 0.15) is 11.6 Å².